The predicted molar refractivity (Wildman–Crippen MR) is 83.4 cm³/mol. The van der Waals surface area contributed by atoms with Gasteiger partial charge in [0.1, 0.15) is 5.75 Å². The van der Waals surface area contributed by atoms with Crippen molar-refractivity contribution in [2.45, 2.75) is 58.4 Å². The van der Waals surface area contributed by atoms with E-state index in [1.54, 1.807) is 7.11 Å². The lowest BCUT2D eigenvalue weighted by Crippen LogP contribution is -2.30. The van der Waals surface area contributed by atoms with Crippen LogP contribution in [0.4, 0.5) is 0 Å². The number of nitrogens with zero attached hydrogens (tertiary/aromatic N) is 1. The molecule has 0 radical (unpaired) electrons. The van der Waals surface area contributed by atoms with Crippen LogP contribution in [0.15, 0.2) is 6.20 Å². The lowest BCUT2D eigenvalue weighted by atomic mass is 9.94. The Morgan fingerprint density at radius 1 is 1.35 bits per heavy atom. The summed E-state index contributed by atoms with van der Waals surface area (Å²) in [6.45, 7) is 4.17. The fourth-order valence-corrected chi connectivity index (χ4v) is 3.46. The zero-order valence-corrected chi connectivity index (χ0v) is 13.3. The number of aromatic nitrogens is 1. The summed E-state index contributed by atoms with van der Waals surface area (Å²) in [6, 6.07) is 0.525. The summed E-state index contributed by atoms with van der Waals surface area (Å²) in [5, 5.41) is 3.48. The van der Waals surface area contributed by atoms with Gasteiger partial charge in [-0.15, -0.1) is 0 Å². The fourth-order valence-electron chi connectivity index (χ4n) is 3.46. The summed E-state index contributed by atoms with van der Waals surface area (Å²) in [5.74, 6) is 1.89. The third kappa shape index (κ3) is 3.51. The van der Waals surface area contributed by atoms with E-state index in [-0.39, 0.29) is 0 Å². The molecule has 2 rings (SSSR count). The van der Waals surface area contributed by atoms with E-state index in [9.17, 15) is 0 Å². The standard InChI is InChI=1S/C17H28N2O/c1-12-11-19-16(13(2)17(12)20-4)10-15(18-3)9-14-7-5-6-8-14/h11,14-15,18H,5-10H2,1-4H3. The first-order valence-corrected chi connectivity index (χ1v) is 7.82. The number of hydrogen-bond acceptors (Lipinski definition) is 3. The first-order valence-electron chi connectivity index (χ1n) is 7.82. The summed E-state index contributed by atoms with van der Waals surface area (Å²) in [6.07, 6.45) is 9.84. The smallest absolute Gasteiger partial charge is 0.128 e. The highest BCUT2D eigenvalue weighted by atomic mass is 16.5. The first-order chi connectivity index (χ1) is 9.65. The minimum Gasteiger partial charge on any atom is -0.496 e. The zero-order valence-electron chi connectivity index (χ0n) is 13.3. The quantitative estimate of drug-likeness (QED) is 0.864. The van der Waals surface area contributed by atoms with Crippen molar-refractivity contribution in [3.63, 3.8) is 0 Å². The van der Waals surface area contributed by atoms with Gasteiger partial charge in [0.2, 0.25) is 0 Å². The third-order valence-corrected chi connectivity index (χ3v) is 4.69. The van der Waals surface area contributed by atoms with E-state index in [4.69, 9.17) is 4.74 Å². The van der Waals surface area contributed by atoms with Crippen LogP contribution in [-0.2, 0) is 6.42 Å². The van der Waals surface area contributed by atoms with Crippen molar-refractivity contribution in [1.82, 2.24) is 10.3 Å². The maximum Gasteiger partial charge on any atom is 0.128 e. The van der Waals surface area contributed by atoms with E-state index in [0.29, 0.717) is 6.04 Å². The third-order valence-electron chi connectivity index (χ3n) is 4.69. The molecule has 0 bridgehead atoms. The normalized spacial score (nSPS) is 17.4. The molecule has 0 saturated heterocycles. The number of methoxy groups -OCH3 is 1. The van der Waals surface area contributed by atoms with Crippen molar-refractivity contribution < 1.29 is 4.74 Å². The molecular weight excluding hydrogens is 248 g/mol. The van der Waals surface area contributed by atoms with Crippen LogP contribution in [-0.4, -0.2) is 25.2 Å². The minimum atomic E-state index is 0.525. The van der Waals surface area contributed by atoms with Crippen LogP contribution in [0.5, 0.6) is 5.75 Å². The number of rotatable bonds is 6. The van der Waals surface area contributed by atoms with Gasteiger partial charge in [0.15, 0.2) is 0 Å². The van der Waals surface area contributed by atoms with E-state index >= 15 is 0 Å². The van der Waals surface area contributed by atoms with Gasteiger partial charge in [0.05, 0.1) is 7.11 Å². The summed E-state index contributed by atoms with van der Waals surface area (Å²) < 4.78 is 5.50. The first kappa shape index (κ1) is 15.3. The van der Waals surface area contributed by atoms with Gasteiger partial charge in [0.25, 0.3) is 0 Å². The fraction of sp³-hybridized carbons (Fsp3) is 0.706. The SMILES string of the molecule is CNC(Cc1ncc(C)c(OC)c1C)CC1CCCC1. The van der Waals surface area contributed by atoms with Crippen LogP contribution in [0.1, 0.15) is 48.9 Å². The second-order valence-electron chi connectivity index (χ2n) is 6.12. The number of likely N-dealkylation sites (N-methyl/N-ethyl adjacent to an activating group) is 1. The van der Waals surface area contributed by atoms with Crippen molar-refractivity contribution in [3.8, 4) is 5.75 Å². The molecule has 0 spiro atoms. The molecule has 1 N–H and O–H groups in total. The average Bonchev–Trinajstić information content (AvgIpc) is 2.94. The maximum absolute atomic E-state index is 5.50. The molecule has 1 fully saturated rings. The Bertz CT molecular complexity index is 439. The molecule has 1 atom stereocenters. The highest BCUT2D eigenvalue weighted by Gasteiger charge is 2.21. The molecular formula is C17H28N2O. The molecule has 1 unspecified atom stereocenters. The number of nitrogens with one attached hydrogen (secondary N) is 1. The monoisotopic (exact) mass is 276 g/mol. The highest BCUT2D eigenvalue weighted by Crippen LogP contribution is 2.30. The Labute approximate surface area is 123 Å². The Kier molecular flexibility index (Phi) is 5.41. The largest absolute Gasteiger partial charge is 0.496 e. The number of aryl methyl sites for hydroxylation is 1. The molecule has 0 aromatic carbocycles. The number of hydrogen-bond donors (Lipinski definition) is 1. The molecule has 1 aliphatic rings. The van der Waals surface area contributed by atoms with Crippen LogP contribution < -0.4 is 10.1 Å². The van der Waals surface area contributed by atoms with Crippen molar-refractivity contribution in [1.29, 1.82) is 0 Å². The van der Waals surface area contributed by atoms with Crippen molar-refractivity contribution in [2.24, 2.45) is 5.92 Å². The van der Waals surface area contributed by atoms with Crippen molar-refractivity contribution >= 4 is 0 Å². The lowest BCUT2D eigenvalue weighted by molar-refractivity contribution is 0.394. The summed E-state index contributed by atoms with van der Waals surface area (Å²) >= 11 is 0. The zero-order chi connectivity index (χ0) is 14.5. The van der Waals surface area contributed by atoms with E-state index in [1.807, 2.05) is 6.20 Å². The minimum absolute atomic E-state index is 0.525. The van der Waals surface area contributed by atoms with Gasteiger partial charge in [-0.2, -0.15) is 0 Å². The average molecular weight is 276 g/mol. The van der Waals surface area contributed by atoms with E-state index < -0.39 is 0 Å². The van der Waals surface area contributed by atoms with Crippen LogP contribution >= 0.6 is 0 Å². The van der Waals surface area contributed by atoms with E-state index in [0.717, 1.165) is 23.7 Å². The highest BCUT2D eigenvalue weighted by molar-refractivity contribution is 5.41. The van der Waals surface area contributed by atoms with Crippen LogP contribution in [0, 0.1) is 19.8 Å². The number of ether oxygens (including phenoxy) is 1. The Morgan fingerprint density at radius 2 is 2.05 bits per heavy atom. The van der Waals surface area contributed by atoms with Crippen LogP contribution in [0.3, 0.4) is 0 Å². The van der Waals surface area contributed by atoms with Gasteiger partial charge in [-0.1, -0.05) is 25.7 Å². The van der Waals surface area contributed by atoms with Crippen molar-refractivity contribution in [2.75, 3.05) is 14.2 Å². The molecule has 3 heteroatoms. The molecule has 1 aliphatic carbocycles. The van der Waals surface area contributed by atoms with Gasteiger partial charge >= 0.3 is 0 Å². The Hall–Kier alpha value is -1.09. The number of pyridine rings is 1. The lowest BCUT2D eigenvalue weighted by Gasteiger charge is -2.21. The molecule has 112 valence electrons. The topological polar surface area (TPSA) is 34.2 Å². The van der Waals surface area contributed by atoms with Gasteiger partial charge in [-0.05, 0) is 33.2 Å². The van der Waals surface area contributed by atoms with Gasteiger partial charge < -0.3 is 10.1 Å². The summed E-state index contributed by atoms with van der Waals surface area (Å²) in [4.78, 5) is 4.63. The molecule has 0 aliphatic heterocycles. The van der Waals surface area contributed by atoms with Crippen molar-refractivity contribution in [3.05, 3.63) is 23.0 Å². The van der Waals surface area contributed by atoms with Gasteiger partial charge in [-0.3, -0.25) is 4.98 Å². The summed E-state index contributed by atoms with van der Waals surface area (Å²) in [5.41, 5.74) is 3.48. The summed E-state index contributed by atoms with van der Waals surface area (Å²) in [7, 11) is 3.81. The predicted octanol–water partition coefficient (Wildman–Crippen LogP) is 3.42. The van der Waals surface area contributed by atoms with Gasteiger partial charge in [0, 0.05) is 35.5 Å². The van der Waals surface area contributed by atoms with E-state index in [1.165, 1.54) is 43.4 Å². The Morgan fingerprint density at radius 3 is 2.65 bits per heavy atom. The molecule has 1 aromatic heterocycles. The Balaban J connectivity index is 2.06. The van der Waals surface area contributed by atoms with Gasteiger partial charge in [-0.25, -0.2) is 0 Å². The second-order valence-corrected chi connectivity index (χ2v) is 6.12. The molecule has 1 heterocycles. The van der Waals surface area contributed by atoms with Crippen LogP contribution in [0.25, 0.3) is 0 Å². The maximum atomic E-state index is 5.50. The van der Waals surface area contributed by atoms with Crippen LogP contribution in [0.2, 0.25) is 0 Å². The molecule has 0 amide bonds. The molecule has 20 heavy (non-hydrogen) atoms. The van der Waals surface area contributed by atoms with E-state index in [2.05, 4.69) is 31.2 Å². The molecule has 3 nitrogen and oxygen atoms in total. The molecule has 1 aromatic rings. The molecule has 1 saturated carbocycles. The second kappa shape index (κ2) is 7.07.